The maximum atomic E-state index is 14.6. The molecule has 11 nitrogen and oxygen atoms in total. The molecule has 290 valence electrons. The topological polar surface area (TPSA) is 140 Å². The van der Waals surface area contributed by atoms with Crippen molar-refractivity contribution in [3.05, 3.63) is 95.6 Å². The van der Waals surface area contributed by atoms with Gasteiger partial charge in [-0.2, -0.15) is 5.06 Å². The smallest absolute Gasteiger partial charge is 0.407 e. The van der Waals surface area contributed by atoms with Crippen LogP contribution in [0.5, 0.6) is 0 Å². The van der Waals surface area contributed by atoms with Gasteiger partial charge in [0.1, 0.15) is 25.3 Å². The van der Waals surface area contributed by atoms with E-state index in [1.54, 1.807) is 55.4 Å². The number of alkyl carbamates (subject to hydrolysis) is 1. The third kappa shape index (κ3) is 10.1. The number of rotatable bonds is 14. The van der Waals surface area contributed by atoms with Crippen LogP contribution in [-0.2, 0) is 40.1 Å². The van der Waals surface area contributed by atoms with Crippen LogP contribution in [0.1, 0.15) is 91.3 Å². The number of nitrogens with zero attached hydrogens (tertiary/aromatic N) is 1. The molecular weight excluding hydrogens is 686 g/mol. The molecule has 0 heterocycles. The Morgan fingerprint density at radius 3 is 1.80 bits per heavy atom. The molecule has 4 atom stereocenters. The second-order valence-corrected chi connectivity index (χ2v) is 15.6. The summed E-state index contributed by atoms with van der Waals surface area (Å²) >= 11 is 0. The van der Waals surface area contributed by atoms with E-state index in [1.165, 1.54) is 0 Å². The Balaban J connectivity index is 1.57. The summed E-state index contributed by atoms with van der Waals surface area (Å²) in [7, 11) is 0. The number of hydroxylamine groups is 2. The lowest BCUT2D eigenvalue weighted by molar-refractivity contribution is -0.219. The summed E-state index contributed by atoms with van der Waals surface area (Å²) in [4.78, 5) is 74.7. The molecule has 4 rings (SSSR count). The molecule has 3 aromatic rings. The van der Waals surface area contributed by atoms with Crippen molar-refractivity contribution >= 4 is 29.8 Å². The molecule has 1 aliphatic carbocycles. The molecule has 0 aromatic heterocycles. The normalized spacial score (nSPS) is 14.6. The number of nitrogens with one attached hydrogen (secondary N) is 2. The second kappa shape index (κ2) is 18.2. The Morgan fingerprint density at radius 1 is 0.722 bits per heavy atom. The molecule has 0 saturated heterocycles. The first-order chi connectivity index (χ1) is 25.5. The van der Waals surface area contributed by atoms with Gasteiger partial charge in [0.05, 0.1) is 5.41 Å². The summed E-state index contributed by atoms with van der Waals surface area (Å²) < 4.78 is 11.3. The summed E-state index contributed by atoms with van der Waals surface area (Å²) in [5, 5.41) is 6.25. The SMILES string of the molecule is CC[C@H](C)[C@H](NC(=O)OCC1c2ccccc2-c2ccccc21)C(=O)N(OC(=O)C(C)(C)C)[C@H](C(=O)N[C@H](C(=O)OCc1ccccc1)C(C)C)C(C)C. The van der Waals surface area contributed by atoms with Crippen LogP contribution in [0.15, 0.2) is 78.9 Å². The third-order valence-electron chi connectivity index (χ3n) is 9.70. The van der Waals surface area contributed by atoms with Crippen LogP contribution in [-0.4, -0.2) is 59.6 Å². The number of hydrogen-bond donors (Lipinski definition) is 2. The molecule has 1 aliphatic rings. The van der Waals surface area contributed by atoms with E-state index >= 15 is 0 Å². The molecule has 0 saturated carbocycles. The Bertz CT molecular complexity index is 1740. The molecule has 3 aromatic carbocycles. The molecule has 0 bridgehead atoms. The monoisotopic (exact) mass is 741 g/mol. The fraction of sp³-hybridized carbons (Fsp3) is 0.465. The first-order valence-corrected chi connectivity index (χ1v) is 18.7. The van der Waals surface area contributed by atoms with Gasteiger partial charge in [-0.05, 0) is 66.3 Å². The van der Waals surface area contributed by atoms with E-state index in [-0.39, 0.29) is 25.0 Å². The van der Waals surface area contributed by atoms with Crippen molar-refractivity contribution < 1.29 is 38.3 Å². The molecule has 0 unspecified atom stereocenters. The minimum atomic E-state index is -1.37. The molecule has 54 heavy (non-hydrogen) atoms. The summed E-state index contributed by atoms with van der Waals surface area (Å²) in [5.41, 5.74) is 3.96. The maximum absolute atomic E-state index is 14.6. The van der Waals surface area contributed by atoms with Crippen LogP contribution in [0.3, 0.4) is 0 Å². The van der Waals surface area contributed by atoms with E-state index in [1.807, 2.05) is 85.8 Å². The summed E-state index contributed by atoms with van der Waals surface area (Å²) in [5.74, 6) is -4.58. The number of amides is 3. The van der Waals surface area contributed by atoms with Gasteiger partial charge in [0.2, 0.25) is 5.91 Å². The Labute approximate surface area is 319 Å². The zero-order chi connectivity index (χ0) is 39.7. The Morgan fingerprint density at radius 2 is 1.28 bits per heavy atom. The van der Waals surface area contributed by atoms with Gasteiger partial charge in [-0.15, -0.1) is 0 Å². The Hall–Kier alpha value is -5.19. The molecule has 0 aliphatic heterocycles. The van der Waals surface area contributed by atoms with Crippen LogP contribution in [0, 0.1) is 23.2 Å². The van der Waals surface area contributed by atoms with Crippen molar-refractivity contribution in [3.63, 3.8) is 0 Å². The molecule has 0 fully saturated rings. The minimum absolute atomic E-state index is 0.0122. The first-order valence-electron chi connectivity index (χ1n) is 18.7. The number of benzene rings is 3. The fourth-order valence-corrected chi connectivity index (χ4v) is 6.29. The van der Waals surface area contributed by atoms with Crippen molar-refractivity contribution in [2.24, 2.45) is 23.2 Å². The third-order valence-corrected chi connectivity index (χ3v) is 9.70. The van der Waals surface area contributed by atoms with E-state index in [9.17, 15) is 24.0 Å². The highest BCUT2D eigenvalue weighted by Crippen LogP contribution is 2.44. The summed E-state index contributed by atoms with van der Waals surface area (Å²) in [6.07, 6.45) is -0.369. The highest BCUT2D eigenvalue weighted by atomic mass is 16.7. The molecule has 11 heteroatoms. The van der Waals surface area contributed by atoms with Gasteiger partial charge in [-0.3, -0.25) is 9.59 Å². The van der Waals surface area contributed by atoms with Gasteiger partial charge in [-0.1, -0.05) is 127 Å². The van der Waals surface area contributed by atoms with Gasteiger partial charge in [0, 0.05) is 5.92 Å². The molecular formula is C43H55N3O8. The van der Waals surface area contributed by atoms with E-state index in [4.69, 9.17) is 14.3 Å². The lowest BCUT2D eigenvalue weighted by Crippen LogP contribution is -2.61. The van der Waals surface area contributed by atoms with Gasteiger partial charge < -0.3 is 24.9 Å². The zero-order valence-corrected chi connectivity index (χ0v) is 32.9. The largest absolute Gasteiger partial charge is 0.459 e. The number of hydrogen-bond acceptors (Lipinski definition) is 8. The fourth-order valence-electron chi connectivity index (χ4n) is 6.29. The van der Waals surface area contributed by atoms with E-state index in [0.29, 0.717) is 6.42 Å². The van der Waals surface area contributed by atoms with Crippen molar-refractivity contribution in [1.82, 2.24) is 15.7 Å². The molecule has 2 N–H and O–H groups in total. The van der Waals surface area contributed by atoms with Crippen LogP contribution in [0.2, 0.25) is 0 Å². The second-order valence-electron chi connectivity index (χ2n) is 15.6. The maximum Gasteiger partial charge on any atom is 0.407 e. The van der Waals surface area contributed by atoms with Crippen LogP contribution in [0.4, 0.5) is 4.79 Å². The molecule has 0 radical (unpaired) electrons. The minimum Gasteiger partial charge on any atom is -0.459 e. The van der Waals surface area contributed by atoms with Crippen LogP contribution >= 0.6 is 0 Å². The average molecular weight is 742 g/mol. The summed E-state index contributed by atoms with van der Waals surface area (Å²) in [6, 6.07) is 21.4. The van der Waals surface area contributed by atoms with Gasteiger partial charge in [0.25, 0.3) is 5.91 Å². The van der Waals surface area contributed by atoms with Crippen molar-refractivity contribution in [2.75, 3.05) is 6.61 Å². The van der Waals surface area contributed by atoms with E-state index in [0.717, 1.165) is 32.9 Å². The van der Waals surface area contributed by atoms with Crippen LogP contribution in [0.25, 0.3) is 11.1 Å². The van der Waals surface area contributed by atoms with E-state index < -0.39 is 65.2 Å². The quantitative estimate of drug-likeness (QED) is 0.131. The van der Waals surface area contributed by atoms with Crippen molar-refractivity contribution in [1.29, 1.82) is 0 Å². The van der Waals surface area contributed by atoms with Crippen molar-refractivity contribution in [3.8, 4) is 11.1 Å². The zero-order valence-electron chi connectivity index (χ0n) is 32.9. The number of ether oxygens (including phenoxy) is 2. The lowest BCUT2D eigenvalue weighted by Gasteiger charge is -2.37. The average Bonchev–Trinajstić information content (AvgIpc) is 3.46. The lowest BCUT2D eigenvalue weighted by atomic mass is 9.95. The highest BCUT2D eigenvalue weighted by Gasteiger charge is 2.44. The summed E-state index contributed by atoms with van der Waals surface area (Å²) in [6.45, 7) is 15.5. The standard InChI is InChI=1S/C43H55N3O8/c1-10-28(6)36(45-42(51)53-25-34-32-22-16-14-20-30(32)31-21-15-17-23-33(31)34)39(48)46(54-41(50)43(7,8)9)37(27(4)5)38(47)44-35(26(2)3)40(49)52-24-29-18-12-11-13-19-29/h11-23,26-28,34-37H,10,24-25H2,1-9H3,(H,44,47)(H,45,51)/t28-,35-,36-,37-/m0/s1. The number of carbonyl (C=O) groups excluding carboxylic acids is 5. The van der Waals surface area contributed by atoms with Crippen LogP contribution < -0.4 is 10.6 Å². The predicted molar refractivity (Wildman–Crippen MR) is 205 cm³/mol. The van der Waals surface area contributed by atoms with Gasteiger partial charge in [0.15, 0.2) is 6.04 Å². The number of esters is 1. The predicted octanol–water partition coefficient (Wildman–Crippen LogP) is 7.18. The number of fused-ring (bicyclic) bond motifs is 3. The van der Waals surface area contributed by atoms with Gasteiger partial charge >= 0.3 is 18.0 Å². The Kier molecular flexibility index (Phi) is 14.0. The molecule has 3 amide bonds. The first kappa shape index (κ1) is 41.6. The molecule has 0 spiro atoms. The van der Waals surface area contributed by atoms with Crippen molar-refractivity contribution in [2.45, 2.75) is 99.4 Å². The van der Waals surface area contributed by atoms with Gasteiger partial charge in [-0.25, -0.2) is 14.4 Å². The van der Waals surface area contributed by atoms with E-state index in [2.05, 4.69) is 10.6 Å². The number of carbonyl (C=O) groups is 5. The highest BCUT2D eigenvalue weighted by molar-refractivity contribution is 5.94.